The Kier molecular flexibility index (Phi) is 7.58. The number of aliphatic imine (C=N–C) groups is 1. The second kappa shape index (κ2) is 11.2. The van der Waals surface area contributed by atoms with Crippen molar-refractivity contribution in [3.63, 3.8) is 0 Å². The summed E-state index contributed by atoms with van der Waals surface area (Å²) in [5.41, 5.74) is 6.33. The maximum atomic E-state index is 13.9. The van der Waals surface area contributed by atoms with Gasteiger partial charge < -0.3 is 14.6 Å². The van der Waals surface area contributed by atoms with Crippen LogP contribution in [0.4, 0.5) is 11.4 Å². The number of ether oxygens (including phenoxy) is 1. The van der Waals surface area contributed by atoms with Gasteiger partial charge in [0.15, 0.2) is 5.17 Å². The highest BCUT2D eigenvalue weighted by molar-refractivity contribution is 8.18. The third-order valence-electron chi connectivity index (χ3n) is 8.50. The van der Waals surface area contributed by atoms with Crippen molar-refractivity contribution in [3.8, 4) is 5.75 Å². The SMILES string of the molecule is COc1ccc(N=C2S/C(=C/c3cc4c(cc3Cl)N(C)C(C)(C)CC4C)C(=O)N2CCc2c[nH]c3ccccc23)cc1. The molecule has 1 amide bonds. The minimum atomic E-state index is -0.0628. The molecule has 1 fully saturated rings. The van der Waals surface area contributed by atoms with Crippen molar-refractivity contribution in [2.45, 2.75) is 45.1 Å². The Morgan fingerprint density at radius 3 is 2.69 bits per heavy atom. The Bertz CT molecular complexity index is 1720. The third-order valence-corrected chi connectivity index (χ3v) is 9.84. The van der Waals surface area contributed by atoms with Gasteiger partial charge >= 0.3 is 0 Å². The molecule has 1 aromatic heterocycles. The van der Waals surface area contributed by atoms with E-state index in [9.17, 15) is 4.79 Å². The molecule has 1 N–H and O–H groups in total. The number of carbonyl (C=O) groups is 1. The Balaban J connectivity index is 1.34. The fourth-order valence-electron chi connectivity index (χ4n) is 5.98. The van der Waals surface area contributed by atoms with Crippen LogP contribution >= 0.6 is 23.4 Å². The van der Waals surface area contributed by atoms with Crippen LogP contribution in [0.5, 0.6) is 5.75 Å². The van der Waals surface area contributed by atoms with Gasteiger partial charge in [0, 0.05) is 46.9 Å². The van der Waals surface area contributed by atoms with Gasteiger partial charge in [0.05, 0.1) is 17.7 Å². The monoisotopic (exact) mass is 598 g/mol. The van der Waals surface area contributed by atoms with E-state index in [0.717, 1.165) is 34.6 Å². The molecule has 3 aromatic carbocycles. The number of aromatic amines is 1. The van der Waals surface area contributed by atoms with Crippen LogP contribution in [-0.2, 0) is 11.2 Å². The molecule has 1 atom stereocenters. The fraction of sp³-hybridized carbons (Fsp3) is 0.294. The van der Waals surface area contributed by atoms with Gasteiger partial charge in [0.1, 0.15) is 5.75 Å². The van der Waals surface area contributed by atoms with Gasteiger partial charge in [-0.3, -0.25) is 9.69 Å². The number of carbonyl (C=O) groups excluding carboxylic acids is 1. The van der Waals surface area contributed by atoms with Crippen LogP contribution in [0.25, 0.3) is 17.0 Å². The number of amides is 1. The second-order valence-corrected chi connectivity index (χ2v) is 13.1. The van der Waals surface area contributed by atoms with Gasteiger partial charge in [0.25, 0.3) is 5.91 Å². The van der Waals surface area contributed by atoms with E-state index < -0.39 is 0 Å². The van der Waals surface area contributed by atoms with Crippen molar-refractivity contribution in [2.75, 3.05) is 25.6 Å². The lowest BCUT2D eigenvalue weighted by molar-refractivity contribution is -0.122. The first-order chi connectivity index (χ1) is 20.1. The molecule has 216 valence electrons. The number of nitrogens with zero attached hydrogens (tertiary/aromatic N) is 3. The average Bonchev–Trinajstić information content (AvgIpc) is 3.51. The van der Waals surface area contributed by atoms with Gasteiger partial charge in [-0.2, -0.15) is 0 Å². The summed E-state index contributed by atoms with van der Waals surface area (Å²) < 4.78 is 5.31. The smallest absolute Gasteiger partial charge is 0.266 e. The zero-order valence-electron chi connectivity index (χ0n) is 24.6. The summed E-state index contributed by atoms with van der Waals surface area (Å²) in [6.45, 7) is 7.30. The van der Waals surface area contributed by atoms with Gasteiger partial charge in [-0.25, -0.2) is 4.99 Å². The number of H-pyrrole nitrogens is 1. The van der Waals surface area contributed by atoms with E-state index in [0.29, 0.717) is 34.0 Å². The summed E-state index contributed by atoms with van der Waals surface area (Å²) in [5.74, 6) is 1.08. The number of para-hydroxylation sites is 1. The molecule has 42 heavy (non-hydrogen) atoms. The van der Waals surface area contributed by atoms with E-state index in [1.807, 2.05) is 54.7 Å². The van der Waals surface area contributed by atoms with Crippen LogP contribution in [0.2, 0.25) is 5.02 Å². The molecule has 4 aromatic rings. The molecular weight excluding hydrogens is 564 g/mol. The van der Waals surface area contributed by atoms with Crippen LogP contribution in [-0.4, -0.2) is 47.2 Å². The van der Waals surface area contributed by atoms with E-state index in [1.165, 1.54) is 28.3 Å². The van der Waals surface area contributed by atoms with Crippen LogP contribution in [0, 0.1) is 0 Å². The zero-order chi connectivity index (χ0) is 29.6. The first kappa shape index (κ1) is 28.4. The fourth-order valence-corrected chi connectivity index (χ4v) is 7.21. The third kappa shape index (κ3) is 5.32. The van der Waals surface area contributed by atoms with Crippen molar-refractivity contribution < 1.29 is 9.53 Å². The molecule has 2 aliphatic heterocycles. The van der Waals surface area contributed by atoms with Crippen LogP contribution in [0.3, 0.4) is 0 Å². The van der Waals surface area contributed by atoms with E-state index in [1.54, 1.807) is 12.0 Å². The van der Waals surface area contributed by atoms with Gasteiger partial charge in [-0.1, -0.05) is 36.7 Å². The molecule has 8 heteroatoms. The van der Waals surface area contributed by atoms with Crippen LogP contribution in [0.1, 0.15) is 49.8 Å². The number of benzene rings is 3. The number of thioether (sulfide) groups is 1. The Morgan fingerprint density at radius 2 is 1.93 bits per heavy atom. The maximum Gasteiger partial charge on any atom is 0.266 e. The van der Waals surface area contributed by atoms with Crippen molar-refractivity contribution >= 4 is 62.8 Å². The lowest BCUT2D eigenvalue weighted by atomic mass is 9.80. The highest BCUT2D eigenvalue weighted by Crippen LogP contribution is 2.45. The highest BCUT2D eigenvalue weighted by atomic mass is 35.5. The van der Waals surface area contributed by atoms with Crippen molar-refractivity contribution in [1.29, 1.82) is 0 Å². The lowest BCUT2D eigenvalue weighted by Crippen LogP contribution is -2.45. The van der Waals surface area contributed by atoms with E-state index >= 15 is 0 Å². The van der Waals surface area contributed by atoms with Gasteiger partial charge in [0.2, 0.25) is 0 Å². The summed E-state index contributed by atoms with van der Waals surface area (Å²) in [7, 11) is 3.77. The average molecular weight is 599 g/mol. The van der Waals surface area contributed by atoms with E-state index in [4.69, 9.17) is 21.3 Å². The van der Waals surface area contributed by atoms with Crippen molar-refractivity contribution in [2.24, 2.45) is 4.99 Å². The number of anilines is 1. The summed E-state index contributed by atoms with van der Waals surface area (Å²) in [4.78, 5) is 26.9. The number of aromatic nitrogens is 1. The lowest BCUT2D eigenvalue weighted by Gasteiger charge is -2.45. The number of halogens is 1. The molecule has 0 spiro atoms. The molecule has 0 saturated carbocycles. The number of rotatable bonds is 6. The quantitative estimate of drug-likeness (QED) is 0.226. The largest absolute Gasteiger partial charge is 0.497 e. The predicted molar refractivity (Wildman–Crippen MR) is 176 cm³/mol. The number of methoxy groups -OCH3 is 1. The first-order valence-electron chi connectivity index (χ1n) is 14.2. The van der Waals surface area contributed by atoms with Gasteiger partial charge in [-0.15, -0.1) is 0 Å². The number of fused-ring (bicyclic) bond motifs is 2. The van der Waals surface area contributed by atoms with E-state index in [2.05, 4.69) is 55.9 Å². The van der Waals surface area contributed by atoms with Crippen LogP contribution < -0.4 is 9.64 Å². The summed E-state index contributed by atoms with van der Waals surface area (Å²) >= 11 is 8.25. The molecule has 0 aliphatic carbocycles. The zero-order valence-corrected chi connectivity index (χ0v) is 26.1. The molecule has 0 bridgehead atoms. The summed E-state index contributed by atoms with van der Waals surface area (Å²) in [6.07, 6.45) is 5.70. The topological polar surface area (TPSA) is 60.9 Å². The molecule has 3 heterocycles. The Labute approximate surface area is 256 Å². The van der Waals surface area contributed by atoms with Crippen LogP contribution in [0.15, 0.2) is 76.8 Å². The molecule has 6 rings (SSSR count). The molecule has 1 saturated heterocycles. The minimum Gasteiger partial charge on any atom is -0.497 e. The number of amidine groups is 1. The number of nitrogens with one attached hydrogen (secondary N) is 1. The van der Waals surface area contributed by atoms with Crippen molar-refractivity contribution in [1.82, 2.24) is 9.88 Å². The molecule has 2 aliphatic rings. The first-order valence-corrected chi connectivity index (χ1v) is 15.4. The molecule has 6 nitrogen and oxygen atoms in total. The normalized spacial score (nSPS) is 20.1. The van der Waals surface area contributed by atoms with E-state index in [-0.39, 0.29) is 11.4 Å². The number of hydrogen-bond donors (Lipinski definition) is 1. The van der Waals surface area contributed by atoms with Crippen molar-refractivity contribution in [3.05, 3.63) is 93.5 Å². The molecular formula is C34H35ClN4O2S. The summed E-state index contributed by atoms with van der Waals surface area (Å²) in [5, 5.41) is 2.46. The number of hydrogen-bond acceptors (Lipinski definition) is 5. The Morgan fingerprint density at radius 1 is 1.17 bits per heavy atom. The maximum absolute atomic E-state index is 13.9. The Hall–Kier alpha value is -3.68. The molecule has 1 unspecified atom stereocenters. The summed E-state index contributed by atoms with van der Waals surface area (Å²) in [6, 6.07) is 20.0. The highest BCUT2D eigenvalue weighted by Gasteiger charge is 2.36. The molecule has 0 radical (unpaired) electrons. The standard InChI is InChI=1S/C34H35ClN4O2S/c1-21-19-34(2,3)38(4)30-18-28(35)23(16-27(21)30)17-31-32(40)39(15-14-22-20-36-29-9-7-6-8-26(22)29)33(42-31)37-24-10-12-25(41-5)13-11-24/h6-13,16-18,20-21,36H,14-15,19H2,1-5H3/b31-17+,37-33?. The van der Waals surface area contributed by atoms with Gasteiger partial charge in [-0.05, 0) is 110 Å². The predicted octanol–water partition coefficient (Wildman–Crippen LogP) is 8.40. The second-order valence-electron chi connectivity index (χ2n) is 11.7. The minimum absolute atomic E-state index is 0.0467.